The summed E-state index contributed by atoms with van der Waals surface area (Å²) in [6.07, 6.45) is 13.0. The minimum atomic E-state index is -0.100. The van der Waals surface area contributed by atoms with Gasteiger partial charge in [0.2, 0.25) is 0 Å². The first-order valence-electron chi connectivity index (χ1n) is 10.2. The summed E-state index contributed by atoms with van der Waals surface area (Å²) in [6, 6.07) is 5.75. The molecule has 0 aliphatic carbocycles. The zero-order valence-electron chi connectivity index (χ0n) is 17.3. The van der Waals surface area contributed by atoms with E-state index in [1.165, 1.54) is 19.3 Å². The van der Waals surface area contributed by atoms with Crippen LogP contribution in [-0.2, 0) is 0 Å². The van der Waals surface area contributed by atoms with Gasteiger partial charge in [-0.1, -0.05) is 0 Å². The molecule has 3 aromatic rings. The van der Waals surface area contributed by atoms with Gasteiger partial charge in [-0.05, 0) is 38.3 Å². The minimum absolute atomic E-state index is 0.0181. The fourth-order valence-corrected chi connectivity index (χ4v) is 3.79. The number of hydrogen-bond donors (Lipinski definition) is 0. The maximum atomic E-state index is 12.8. The van der Waals surface area contributed by atoms with Crippen molar-refractivity contribution in [1.29, 1.82) is 0 Å². The van der Waals surface area contributed by atoms with Crippen LogP contribution < -0.4 is 15.4 Å². The number of anilines is 2. The first-order chi connectivity index (χ1) is 14.0. The normalized spacial score (nSPS) is 15.3. The van der Waals surface area contributed by atoms with Gasteiger partial charge in [-0.3, -0.25) is 9.78 Å². The van der Waals surface area contributed by atoms with Crippen LogP contribution in [-0.4, -0.2) is 46.5 Å². The Balaban J connectivity index is 1.57. The Bertz CT molecular complexity index is 1030. The Morgan fingerprint density at radius 1 is 1.03 bits per heavy atom. The lowest BCUT2D eigenvalue weighted by Gasteiger charge is -2.29. The van der Waals surface area contributed by atoms with E-state index in [0.717, 1.165) is 35.7 Å². The van der Waals surface area contributed by atoms with Crippen molar-refractivity contribution < 1.29 is 0 Å². The molecule has 0 N–H and O–H groups in total. The molecule has 7 nitrogen and oxygen atoms in total. The number of piperidine rings is 1. The van der Waals surface area contributed by atoms with E-state index in [0.29, 0.717) is 0 Å². The number of hydrogen-bond acceptors (Lipinski definition) is 5. The van der Waals surface area contributed by atoms with E-state index in [2.05, 4.69) is 21.0 Å². The number of pyridine rings is 2. The van der Waals surface area contributed by atoms with Gasteiger partial charge in [0.25, 0.3) is 5.56 Å². The molecule has 29 heavy (non-hydrogen) atoms. The Hall–Kier alpha value is -3.09. The lowest BCUT2D eigenvalue weighted by atomic mass is 10.1. The van der Waals surface area contributed by atoms with Gasteiger partial charge < -0.3 is 14.4 Å². The van der Waals surface area contributed by atoms with Crippen LogP contribution in [0, 0.1) is 0 Å². The van der Waals surface area contributed by atoms with E-state index in [4.69, 9.17) is 0 Å². The molecule has 1 atom stereocenters. The maximum Gasteiger partial charge on any atom is 0.253 e. The molecule has 1 saturated heterocycles. The van der Waals surface area contributed by atoms with E-state index >= 15 is 0 Å². The van der Waals surface area contributed by atoms with Crippen molar-refractivity contribution in [2.75, 3.05) is 37.0 Å². The Labute approximate surface area is 171 Å². The largest absolute Gasteiger partial charge is 0.376 e. The van der Waals surface area contributed by atoms with Crippen LogP contribution in [0.4, 0.5) is 11.4 Å². The second-order valence-corrected chi connectivity index (χ2v) is 7.87. The molecule has 1 aliphatic heterocycles. The van der Waals surface area contributed by atoms with Gasteiger partial charge in [0.1, 0.15) is 0 Å². The van der Waals surface area contributed by atoms with E-state index in [1.807, 2.05) is 56.8 Å². The van der Waals surface area contributed by atoms with Gasteiger partial charge in [-0.25, -0.2) is 4.68 Å². The third kappa shape index (κ3) is 4.04. The van der Waals surface area contributed by atoms with Crippen LogP contribution in [0.2, 0.25) is 0 Å². The number of aromatic nitrogens is 4. The Morgan fingerprint density at radius 2 is 1.83 bits per heavy atom. The molecule has 0 radical (unpaired) electrons. The fraction of sp³-hybridized carbons (Fsp3) is 0.409. The standard InChI is InChI=1S/C22H28N6O/c1-17(27-10-7-19(12-22(27)29)26-8-5-4-6-9-26)18-13-24-28(16-18)21-11-20(25(2)3)14-23-15-21/h7,10-17H,4-6,8-9H2,1-3H3. The van der Waals surface area contributed by atoms with Crippen molar-refractivity contribution in [2.45, 2.75) is 32.2 Å². The summed E-state index contributed by atoms with van der Waals surface area (Å²) < 4.78 is 3.57. The molecule has 0 saturated carbocycles. The fourth-order valence-electron chi connectivity index (χ4n) is 3.79. The summed E-state index contributed by atoms with van der Waals surface area (Å²) in [5.74, 6) is 0. The van der Waals surface area contributed by atoms with Gasteiger partial charge in [0.05, 0.1) is 36.0 Å². The molecule has 1 unspecified atom stereocenters. The van der Waals surface area contributed by atoms with Crippen LogP contribution in [0.15, 0.2) is 54.0 Å². The average molecular weight is 393 g/mol. The molecular weight excluding hydrogens is 364 g/mol. The highest BCUT2D eigenvalue weighted by Gasteiger charge is 2.16. The molecule has 3 aromatic heterocycles. The van der Waals surface area contributed by atoms with Crippen molar-refractivity contribution in [3.05, 3.63) is 65.1 Å². The summed E-state index contributed by atoms with van der Waals surface area (Å²) >= 11 is 0. The quantitative estimate of drug-likeness (QED) is 0.668. The molecule has 0 bridgehead atoms. The van der Waals surface area contributed by atoms with Gasteiger partial charge in [0.15, 0.2) is 0 Å². The van der Waals surface area contributed by atoms with Crippen molar-refractivity contribution in [3.63, 3.8) is 0 Å². The predicted octanol–water partition coefficient (Wildman–Crippen LogP) is 3.09. The first kappa shape index (κ1) is 19.2. The van der Waals surface area contributed by atoms with Crippen LogP contribution >= 0.6 is 0 Å². The summed E-state index contributed by atoms with van der Waals surface area (Å²) in [6.45, 7) is 4.09. The first-order valence-corrected chi connectivity index (χ1v) is 10.2. The molecule has 0 amide bonds. The second kappa shape index (κ2) is 8.11. The molecule has 4 heterocycles. The highest BCUT2D eigenvalue weighted by molar-refractivity contribution is 5.49. The zero-order valence-corrected chi connectivity index (χ0v) is 17.3. The van der Waals surface area contributed by atoms with Crippen LogP contribution in [0.1, 0.15) is 37.8 Å². The molecule has 0 spiro atoms. The van der Waals surface area contributed by atoms with Crippen molar-refractivity contribution in [3.8, 4) is 5.69 Å². The molecule has 152 valence electrons. The molecule has 1 aliphatic rings. The van der Waals surface area contributed by atoms with Crippen molar-refractivity contribution in [2.24, 2.45) is 0 Å². The molecule has 1 fully saturated rings. The van der Waals surface area contributed by atoms with Gasteiger partial charge in [-0.15, -0.1) is 0 Å². The highest BCUT2D eigenvalue weighted by atomic mass is 16.1. The van der Waals surface area contributed by atoms with Crippen LogP contribution in [0.25, 0.3) is 5.69 Å². The van der Waals surface area contributed by atoms with Crippen LogP contribution in [0.3, 0.4) is 0 Å². The average Bonchev–Trinajstić information content (AvgIpc) is 3.24. The molecule has 7 heteroatoms. The highest BCUT2D eigenvalue weighted by Crippen LogP contribution is 2.22. The molecule has 0 aromatic carbocycles. The Kier molecular flexibility index (Phi) is 5.38. The van der Waals surface area contributed by atoms with Gasteiger partial charge >= 0.3 is 0 Å². The van der Waals surface area contributed by atoms with E-state index < -0.39 is 0 Å². The molecule has 4 rings (SSSR count). The molecular formula is C22H28N6O. The summed E-state index contributed by atoms with van der Waals surface area (Å²) in [7, 11) is 3.97. The predicted molar refractivity (Wildman–Crippen MR) is 116 cm³/mol. The summed E-state index contributed by atoms with van der Waals surface area (Å²) in [5.41, 5.74) is 3.93. The van der Waals surface area contributed by atoms with E-state index in [9.17, 15) is 4.79 Å². The third-order valence-corrected chi connectivity index (χ3v) is 5.65. The van der Waals surface area contributed by atoms with Crippen LogP contribution in [0.5, 0.6) is 0 Å². The van der Waals surface area contributed by atoms with Gasteiger partial charge in [-0.2, -0.15) is 5.10 Å². The smallest absolute Gasteiger partial charge is 0.253 e. The van der Waals surface area contributed by atoms with Crippen molar-refractivity contribution >= 4 is 11.4 Å². The minimum Gasteiger partial charge on any atom is -0.376 e. The number of nitrogens with zero attached hydrogens (tertiary/aromatic N) is 6. The monoisotopic (exact) mass is 392 g/mol. The lowest BCUT2D eigenvalue weighted by Crippen LogP contribution is -2.31. The van der Waals surface area contributed by atoms with Crippen molar-refractivity contribution in [1.82, 2.24) is 19.3 Å². The summed E-state index contributed by atoms with van der Waals surface area (Å²) in [4.78, 5) is 21.4. The maximum absolute atomic E-state index is 12.8. The second-order valence-electron chi connectivity index (χ2n) is 7.87. The third-order valence-electron chi connectivity index (χ3n) is 5.65. The summed E-state index contributed by atoms with van der Waals surface area (Å²) in [5, 5.41) is 4.49. The Morgan fingerprint density at radius 3 is 2.55 bits per heavy atom. The SMILES string of the molecule is CC(c1cnn(-c2cncc(N(C)C)c2)c1)n1ccc(N2CCCCC2)cc1=O. The zero-order chi connectivity index (χ0) is 20.4. The van der Waals surface area contributed by atoms with E-state index in [1.54, 1.807) is 21.5 Å². The van der Waals surface area contributed by atoms with Gasteiger partial charge in [0, 0.05) is 56.9 Å². The lowest BCUT2D eigenvalue weighted by molar-refractivity contribution is 0.573. The topological polar surface area (TPSA) is 59.2 Å². The van der Waals surface area contributed by atoms with E-state index in [-0.39, 0.29) is 11.6 Å². The number of rotatable bonds is 5.